The second-order valence-electron chi connectivity index (χ2n) is 7.31. The van der Waals surface area contributed by atoms with Gasteiger partial charge in [0, 0.05) is 43.8 Å². The first-order valence-electron chi connectivity index (χ1n) is 10.3. The molecule has 1 saturated heterocycles. The summed E-state index contributed by atoms with van der Waals surface area (Å²) >= 11 is 1.41. The standard InChI is InChI=1S/C22H20N6O5S/c1-32-19-9-17(18(28(30)31)10-20(19)33-12-16-13-34-14-25-16)22(29)27-7-5-26(6-8-27)21-15(11-23)3-2-4-24-21/h2-4,9-10,13-14H,5-8,12H2,1H3. The monoisotopic (exact) mass is 480 g/mol. The summed E-state index contributed by atoms with van der Waals surface area (Å²) in [5.74, 6) is 0.460. The largest absolute Gasteiger partial charge is 0.493 e. The number of aromatic nitrogens is 2. The Balaban J connectivity index is 1.53. The van der Waals surface area contributed by atoms with Gasteiger partial charge in [0.15, 0.2) is 11.5 Å². The van der Waals surface area contributed by atoms with Gasteiger partial charge in [0.1, 0.15) is 24.1 Å². The van der Waals surface area contributed by atoms with Crippen LogP contribution in [0.15, 0.2) is 41.4 Å². The van der Waals surface area contributed by atoms with E-state index in [1.54, 1.807) is 28.7 Å². The van der Waals surface area contributed by atoms with Crippen LogP contribution in [0.3, 0.4) is 0 Å². The van der Waals surface area contributed by atoms with E-state index in [1.165, 1.54) is 30.6 Å². The number of thiazole rings is 1. The van der Waals surface area contributed by atoms with Gasteiger partial charge in [-0.2, -0.15) is 5.26 Å². The average molecular weight is 481 g/mol. The molecule has 0 radical (unpaired) electrons. The molecule has 1 fully saturated rings. The van der Waals surface area contributed by atoms with Crippen LogP contribution >= 0.6 is 11.3 Å². The Morgan fingerprint density at radius 3 is 2.71 bits per heavy atom. The zero-order valence-electron chi connectivity index (χ0n) is 18.2. The predicted molar refractivity (Wildman–Crippen MR) is 123 cm³/mol. The summed E-state index contributed by atoms with van der Waals surface area (Å²) in [6.45, 7) is 1.64. The zero-order valence-corrected chi connectivity index (χ0v) is 19.0. The van der Waals surface area contributed by atoms with Gasteiger partial charge >= 0.3 is 0 Å². The highest BCUT2D eigenvalue weighted by Gasteiger charge is 2.30. The molecule has 3 aromatic rings. The van der Waals surface area contributed by atoms with Crippen molar-refractivity contribution in [2.24, 2.45) is 0 Å². The van der Waals surface area contributed by atoms with Crippen molar-refractivity contribution in [1.29, 1.82) is 5.26 Å². The Labute approximate surface area is 198 Å². The minimum absolute atomic E-state index is 0.0770. The van der Waals surface area contributed by atoms with E-state index in [-0.39, 0.29) is 29.4 Å². The lowest BCUT2D eigenvalue weighted by Crippen LogP contribution is -2.49. The zero-order chi connectivity index (χ0) is 24.1. The number of nitrogens with zero attached hydrogens (tertiary/aromatic N) is 6. The Morgan fingerprint density at radius 2 is 2.06 bits per heavy atom. The normalized spacial score (nSPS) is 13.3. The van der Waals surface area contributed by atoms with Crippen LogP contribution in [0.5, 0.6) is 11.5 Å². The van der Waals surface area contributed by atoms with E-state index in [9.17, 15) is 20.2 Å². The number of rotatable bonds is 7. The molecular weight excluding hydrogens is 460 g/mol. The van der Waals surface area contributed by atoms with Crippen LogP contribution in [0.25, 0.3) is 0 Å². The third-order valence-electron chi connectivity index (χ3n) is 5.34. The maximum atomic E-state index is 13.2. The molecule has 3 heterocycles. The van der Waals surface area contributed by atoms with Crippen LogP contribution in [0.2, 0.25) is 0 Å². The summed E-state index contributed by atoms with van der Waals surface area (Å²) in [6.07, 6.45) is 1.61. The SMILES string of the molecule is COc1cc(C(=O)N2CCN(c3ncccc3C#N)CC2)c([N+](=O)[O-])cc1OCc1cscn1. The quantitative estimate of drug-likeness (QED) is 0.369. The second kappa shape index (κ2) is 10.1. The number of amides is 1. The smallest absolute Gasteiger partial charge is 0.286 e. The van der Waals surface area contributed by atoms with Gasteiger partial charge in [-0.15, -0.1) is 11.3 Å². The maximum Gasteiger partial charge on any atom is 0.286 e. The fourth-order valence-electron chi connectivity index (χ4n) is 3.63. The minimum Gasteiger partial charge on any atom is -0.493 e. The number of anilines is 1. The van der Waals surface area contributed by atoms with Gasteiger partial charge in [-0.1, -0.05) is 0 Å². The highest BCUT2D eigenvalue weighted by molar-refractivity contribution is 7.07. The van der Waals surface area contributed by atoms with Gasteiger partial charge in [0.05, 0.1) is 34.9 Å². The molecule has 12 heteroatoms. The lowest BCUT2D eigenvalue weighted by molar-refractivity contribution is -0.385. The van der Waals surface area contributed by atoms with Gasteiger partial charge in [-0.05, 0) is 12.1 Å². The Hall–Kier alpha value is -4.24. The van der Waals surface area contributed by atoms with E-state index in [0.29, 0.717) is 43.3 Å². The predicted octanol–water partition coefficient (Wildman–Crippen LogP) is 2.87. The van der Waals surface area contributed by atoms with Crippen molar-refractivity contribution >= 4 is 28.7 Å². The van der Waals surface area contributed by atoms with E-state index in [0.717, 1.165) is 0 Å². The van der Waals surface area contributed by atoms with Crippen molar-refractivity contribution in [3.8, 4) is 17.6 Å². The third kappa shape index (κ3) is 4.74. The number of hydrogen-bond acceptors (Lipinski definition) is 10. The average Bonchev–Trinajstić information content (AvgIpc) is 3.40. The van der Waals surface area contributed by atoms with Crippen LogP contribution in [0.1, 0.15) is 21.6 Å². The topological polar surface area (TPSA) is 135 Å². The number of methoxy groups -OCH3 is 1. The highest BCUT2D eigenvalue weighted by atomic mass is 32.1. The van der Waals surface area contributed by atoms with Gasteiger partial charge in [-0.3, -0.25) is 14.9 Å². The van der Waals surface area contributed by atoms with Crippen molar-refractivity contribution < 1.29 is 19.2 Å². The van der Waals surface area contributed by atoms with E-state index >= 15 is 0 Å². The minimum atomic E-state index is -0.605. The number of ether oxygens (including phenoxy) is 2. The van der Waals surface area contributed by atoms with E-state index in [2.05, 4.69) is 16.0 Å². The summed E-state index contributed by atoms with van der Waals surface area (Å²) in [5.41, 5.74) is 2.36. The number of benzene rings is 1. The molecule has 34 heavy (non-hydrogen) atoms. The Morgan fingerprint density at radius 1 is 1.26 bits per heavy atom. The first-order valence-corrected chi connectivity index (χ1v) is 11.2. The molecule has 0 N–H and O–H groups in total. The molecule has 0 spiro atoms. The van der Waals surface area contributed by atoms with E-state index < -0.39 is 10.8 Å². The molecule has 0 aliphatic carbocycles. The summed E-state index contributed by atoms with van der Waals surface area (Å²) in [4.78, 5) is 36.3. The molecule has 0 bridgehead atoms. The molecule has 1 amide bonds. The number of nitro benzene ring substituents is 1. The number of piperazine rings is 1. The first-order chi connectivity index (χ1) is 16.5. The van der Waals surface area contributed by atoms with Crippen molar-refractivity contribution in [2.45, 2.75) is 6.61 Å². The maximum absolute atomic E-state index is 13.2. The number of nitriles is 1. The second-order valence-corrected chi connectivity index (χ2v) is 8.03. The molecule has 1 aliphatic heterocycles. The first kappa shape index (κ1) is 22.9. The van der Waals surface area contributed by atoms with Crippen LogP contribution in [0.4, 0.5) is 11.5 Å². The molecule has 11 nitrogen and oxygen atoms in total. The molecule has 174 valence electrons. The summed E-state index contributed by atoms with van der Waals surface area (Å²) in [5, 5.41) is 22.9. The summed E-state index contributed by atoms with van der Waals surface area (Å²) < 4.78 is 11.0. The molecule has 0 unspecified atom stereocenters. The Kier molecular flexibility index (Phi) is 6.84. The number of carbonyl (C=O) groups is 1. The Bertz CT molecular complexity index is 1240. The van der Waals surface area contributed by atoms with Crippen molar-refractivity contribution in [3.05, 3.63) is 68.3 Å². The van der Waals surface area contributed by atoms with E-state index in [4.69, 9.17) is 9.47 Å². The molecule has 1 aliphatic rings. The van der Waals surface area contributed by atoms with Crippen molar-refractivity contribution in [1.82, 2.24) is 14.9 Å². The van der Waals surface area contributed by atoms with Gasteiger partial charge in [-0.25, -0.2) is 9.97 Å². The van der Waals surface area contributed by atoms with Gasteiger partial charge < -0.3 is 19.3 Å². The van der Waals surface area contributed by atoms with Crippen LogP contribution in [0, 0.1) is 21.4 Å². The van der Waals surface area contributed by atoms with Gasteiger partial charge in [0.25, 0.3) is 11.6 Å². The lowest BCUT2D eigenvalue weighted by atomic mass is 10.1. The number of hydrogen-bond donors (Lipinski definition) is 0. The van der Waals surface area contributed by atoms with Crippen molar-refractivity contribution in [2.75, 3.05) is 38.2 Å². The molecule has 4 rings (SSSR count). The molecule has 2 aromatic heterocycles. The lowest BCUT2D eigenvalue weighted by Gasteiger charge is -2.35. The van der Waals surface area contributed by atoms with Crippen LogP contribution in [-0.4, -0.2) is 59.0 Å². The number of pyridine rings is 1. The fourth-order valence-corrected chi connectivity index (χ4v) is 4.18. The number of nitro groups is 1. The molecule has 1 aromatic carbocycles. The number of carbonyl (C=O) groups excluding carboxylic acids is 1. The summed E-state index contributed by atoms with van der Waals surface area (Å²) in [7, 11) is 1.41. The molecular formula is C22H20N6O5S. The van der Waals surface area contributed by atoms with E-state index in [1.807, 2.05) is 10.3 Å². The van der Waals surface area contributed by atoms with Crippen LogP contribution < -0.4 is 14.4 Å². The molecule has 0 saturated carbocycles. The van der Waals surface area contributed by atoms with Crippen LogP contribution in [-0.2, 0) is 6.61 Å². The van der Waals surface area contributed by atoms with Crippen molar-refractivity contribution in [3.63, 3.8) is 0 Å². The fraction of sp³-hybridized carbons (Fsp3) is 0.273. The third-order valence-corrected chi connectivity index (χ3v) is 5.98. The summed E-state index contributed by atoms with van der Waals surface area (Å²) in [6, 6.07) is 8.06. The van der Waals surface area contributed by atoms with Gasteiger partial charge in [0.2, 0.25) is 0 Å². The highest BCUT2D eigenvalue weighted by Crippen LogP contribution is 2.36. The molecule has 0 atom stereocenters.